The lowest BCUT2D eigenvalue weighted by molar-refractivity contribution is -0.676. The SMILES string of the molecule is O=C(C[NH2+][C@@H](c1ccccc1)c1cccs1)NC(c1ccccc1)c1ccccc1. The van der Waals surface area contributed by atoms with Crippen LogP contribution in [-0.4, -0.2) is 12.5 Å². The van der Waals surface area contributed by atoms with Gasteiger partial charge < -0.3 is 10.6 Å². The summed E-state index contributed by atoms with van der Waals surface area (Å²) >= 11 is 1.72. The first-order valence-corrected chi connectivity index (χ1v) is 11.0. The Bertz CT molecular complexity index is 995. The highest BCUT2D eigenvalue weighted by atomic mass is 32.1. The lowest BCUT2D eigenvalue weighted by atomic mass is 9.98. The van der Waals surface area contributed by atoms with Gasteiger partial charge in [0.05, 0.1) is 10.9 Å². The van der Waals surface area contributed by atoms with Gasteiger partial charge in [-0.2, -0.15) is 0 Å². The van der Waals surface area contributed by atoms with Crippen molar-refractivity contribution in [1.82, 2.24) is 5.32 Å². The van der Waals surface area contributed by atoms with E-state index in [0.717, 1.165) is 11.1 Å². The molecule has 0 aliphatic rings. The molecule has 0 aliphatic carbocycles. The third kappa shape index (κ3) is 5.03. The second kappa shape index (κ2) is 10.0. The van der Waals surface area contributed by atoms with E-state index in [4.69, 9.17) is 0 Å². The van der Waals surface area contributed by atoms with Crippen molar-refractivity contribution in [1.29, 1.82) is 0 Å². The first-order valence-electron chi connectivity index (χ1n) is 10.1. The first-order chi connectivity index (χ1) is 14.8. The van der Waals surface area contributed by atoms with E-state index in [2.05, 4.69) is 64.5 Å². The smallest absolute Gasteiger partial charge is 0.275 e. The summed E-state index contributed by atoms with van der Waals surface area (Å²) in [5.41, 5.74) is 3.36. The summed E-state index contributed by atoms with van der Waals surface area (Å²) in [6, 6.07) is 34.7. The molecule has 0 radical (unpaired) electrons. The zero-order valence-corrected chi connectivity index (χ0v) is 17.5. The van der Waals surface area contributed by atoms with E-state index in [-0.39, 0.29) is 18.0 Å². The minimum atomic E-state index is -0.162. The number of carbonyl (C=O) groups excluding carboxylic acids is 1. The van der Waals surface area contributed by atoms with Crippen molar-refractivity contribution in [3.63, 3.8) is 0 Å². The van der Waals surface area contributed by atoms with Gasteiger partial charge in [-0.05, 0) is 22.6 Å². The molecule has 0 spiro atoms. The Labute approximate surface area is 181 Å². The van der Waals surface area contributed by atoms with Crippen molar-refractivity contribution < 1.29 is 10.1 Å². The van der Waals surface area contributed by atoms with Crippen molar-refractivity contribution in [3.8, 4) is 0 Å². The lowest BCUT2D eigenvalue weighted by Crippen LogP contribution is -2.87. The number of quaternary nitrogens is 1. The zero-order valence-electron chi connectivity index (χ0n) is 16.6. The normalized spacial score (nSPS) is 11.9. The van der Waals surface area contributed by atoms with E-state index in [1.807, 2.05) is 54.6 Å². The average molecular weight is 414 g/mol. The van der Waals surface area contributed by atoms with Crippen molar-refractivity contribution >= 4 is 17.2 Å². The fraction of sp³-hybridized carbons (Fsp3) is 0.115. The maximum atomic E-state index is 13.0. The van der Waals surface area contributed by atoms with E-state index < -0.39 is 0 Å². The minimum Gasteiger partial charge on any atom is -0.340 e. The van der Waals surface area contributed by atoms with E-state index in [0.29, 0.717) is 6.54 Å². The fourth-order valence-electron chi connectivity index (χ4n) is 3.64. The fourth-order valence-corrected chi connectivity index (χ4v) is 4.49. The Hall–Kier alpha value is -3.21. The standard InChI is InChI=1S/C26H24N2OS/c29-24(19-27-26(23-17-10-18-30-23)22-15-8-3-9-16-22)28-25(20-11-4-1-5-12-20)21-13-6-2-7-14-21/h1-18,25-27H,19H2,(H,28,29)/p+1/t26-/m0/s1. The van der Waals surface area contributed by atoms with Gasteiger partial charge in [-0.15, -0.1) is 11.3 Å². The summed E-state index contributed by atoms with van der Waals surface area (Å²) < 4.78 is 0. The molecule has 0 saturated carbocycles. The van der Waals surface area contributed by atoms with Crippen LogP contribution in [0.5, 0.6) is 0 Å². The summed E-state index contributed by atoms with van der Waals surface area (Å²) in [6.45, 7) is 0.355. The summed E-state index contributed by atoms with van der Waals surface area (Å²) in [7, 11) is 0. The molecule has 1 atom stereocenters. The zero-order chi connectivity index (χ0) is 20.6. The molecule has 0 aliphatic heterocycles. The topological polar surface area (TPSA) is 45.7 Å². The van der Waals surface area contributed by atoms with Gasteiger partial charge in [0.2, 0.25) is 0 Å². The molecule has 4 heteroatoms. The molecule has 3 nitrogen and oxygen atoms in total. The van der Waals surface area contributed by atoms with Crippen LogP contribution in [0.15, 0.2) is 109 Å². The number of thiophene rings is 1. The van der Waals surface area contributed by atoms with Crippen molar-refractivity contribution in [3.05, 3.63) is 130 Å². The highest BCUT2D eigenvalue weighted by molar-refractivity contribution is 7.10. The van der Waals surface area contributed by atoms with Crippen LogP contribution in [0.1, 0.15) is 33.7 Å². The van der Waals surface area contributed by atoms with Crippen LogP contribution in [0.2, 0.25) is 0 Å². The van der Waals surface area contributed by atoms with Crippen LogP contribution >= 0.6 is 11.3 Å². The molecule has 150 valence electrons. The van der Waals surface area contributed by atoms with E-state index in [1.165, 1.54) is 10.4 Å². The lowest BCUT2D eigenvalue weighted by Gasteiger charge is -2.20. The number of benzene rings is 3. The van der Waals surface area contributed by atoms with Crippen LogP contribution in [0.3, 0.4) is 0 Å². The number of rotatable bonds is 8. The minimum absolute atomic E-state index is 0.0187. The second-order valence-corrected chi connectivity index (χ2v) is 8.14. The van der Waals surface area contributed by atoms with Gasteiger partial charge in [0, 0.05) is 5.56 Å². The Morgan fingerprint density at radius 3 is 1.77 bits per heavy atom. The molecule has 4 rings (SSSR count). The number of nitrogens with two attached hydrogens (primary N) is 1. The molecule has 1 heterocycles. The summed E-state index contributed by atoms with van der Waals surface area (Å²) in [5, 5.41) is 7.43. The van der Waals surface area contributed by atoms with Gasteiger partial charge in [0.1, 0.15) is 6.04 Å². The molecule has 3 N–H and O–H groups in total. The number of hydrogen-bond acceptors (Lipinski definition) is 2. The number of carbonyl (C=O) groups is 1. The van der Waals surface area contributed by atoms with Crippen LogP contribution in [0.4, 0.5) is 0 Å². The Kier molecular flexibility index (Phi) is 6.70. The molecule has 30 heavy (non-hydrogen) atoms. The van der Waals surface area contributed by atoms with Gasteiger partial charge >= 0.3 is 0 Å². The molecular formula is C26H25N2OS+. The molecule has 0 fully saturated rings. The van der Waals surface area contributed by atoms with Gasteiger partial charge in [0.15, 0.2) is 6.54 Å². The van der Waals surface area contributed by atoms with Gasteiger partial charge in [-0.25, -0.2) is 0 Å². The predicted octanol–water partition coefficient (Wildman–Crippen LogP) is 4.31. The number of hydrogen-bond donors (Lipinski definition) is 2. The number of nitrogens with one attached hydrogen (secondary N) is 1. The molecule has 0 unspecified atom stereocenters. The third-order valence-electron chi connectivity index (χ3n) is 5.12. The summed E-state index contributed by atoms with van der Waals surface area (Å²) in [5.74, 6) is 0.0187. The van der Waals surface area contributed by atoms with E-state index >= 15 is 0 Å². The summed E-state index contributed by atoms with van der Waals surface area (Å²) in [4.78, 5) is 14.2. The molecule has 4 aromatic rings. The predicted molar refractivity (Wildman–Crippen MR) is 122 cm³/mol. The van der Waals surface area contributed by atoms with Crippen LogP contribution in [0.25, 0.3) is 0 Å². The van der Waals surface area contributed by atoms with Gasteiger partial charge in [0.25, 0.3) is 5.91 Å². The highest BCUT2D eigenvalue weighted by Crippen LogP contribution is 2.23. The summed E-state index contributed by atoms with van der Waals surface area (Å²) in [6.07, 6.45) is 0. The van der Waals surface area contributed by atoms with Crippen LogP contribution in [-0.2, 0) is 4.79 Å². The quantitative estimate of drug-likeness (QED) is 0.444. The molecule has 3 aromatic carbocycles. The maximum Gasteiger partial charge on any atom is 0.275 e. The monoisotopic (exact) mass is 413 g/mol. The van der Waals surface area contributed by atoms with Gasteiger partial charge in [-0.3, -0.25) is 4.79 Å². The molecule has 0 saturated heterocycles. The molecule has 0 bridgehead atoms. The Morgan fingerprint density at radius 2 is 1.27 bits per heavy atom. The average Bonchev–Trinajstić information content (AvgIpc) is 3.34. The molecular weight excluding hydrogens is 388 g/mol. The van der Waals surface area contributed by atoms with Crippen molar-refractivity contribution in [2.24, 2.45) is 0 Å². The van der Waals surface area contributed by atoms with Crippen molar-refractivity contribution in [2.75, 3.05) is 6.54 Å². The highest BCUT2D eigenvalue weighted by Gasteiger charge is 2.22. The van der Waals surface area contributed by atoms with E-state index in [9.17, 15) is 4.79 Å². The Morgan fingerprint density at radius 1 is 0.733 bits per heavy atom. The largest absolute Gasteiger partial charge is 0.340 e. The maximum absolute atomic E-state index is 13.0. The first kappa shape index (κ1) is 20.1. The molecule has 1 amide bonds. The Balaban J connectivity index is 1.49. The third-order valence-corrected chi connectivity index (χ3v) is 6.07. The second-order valence-electron chi connectivity index (χ2n) is 7.17. The van der Waals surface area contributed by atoms with Gasteiger partial charge in [-0.1, -0.05) is 97.1 Å². The van der Waals surface area contributed by atoms with Crippen molar-refractivity contribution in [2.45, 2.75) is 12.1 Å². The van der Waals surface area contributed by atoms with Crippen LogP contribution < -0.4 is 10.6 Å². The van der Waals surface area contributed by atoms with E-state index in [1.54, 1.807) is 11.3 Å². The van der Waals surface area contributed by atoms with Crippen LogP contribution in [0, 0.1) is 0 Å². The molecule has 1 aromatic heterocycles. The number of amides is 1.